The van der Waals surface area contributed by atoms with E-state index in [1.165, 1.54) is 0 Å². The number of aryl methyl sites for hydroxylation is 1. The number of carbonyl (C=O) groups excluding carboxylic acids is 1. The summed E-state index contributed by atoms with van der Waals surface area (Å²) < 4.78 is 5.60. The predicted molar refractivity (Wildman–Crippen MR) is 101 cm³/mol. The van der Waals surface area contributed by atoms with Crippen LogP contribution in [0.4, 0.5) is 5.69 Å². The molecule has 0 atom stereocenters. The minimum atomic E-state index is -0.383. The van der Waals surface area contributed by atoms with Gasteiger partial charge in [-0.3, -0.25) is 4.79 Å². The quantitative estimate of drug-likeness (QED) is 0.481. The van der Waals surface area contributed by atoms with Crippen molar-refractivity contribution in [2.24, 2.45) is 0 Å². The van der Waals surface area contributed by atoms with Crippen molar-refractivity contribution >= 4 is 56.8 Å². The van der Waals surface area contributed by atoms with Gasteiger partial charge in [0.05, 0.1) is 16.2 Å². The lowest BCUT2D eigenvalue weighted by Crippen LogP contribution is -2.11. The summed E-state index contributed by atoms with van der Waals surface area (Å²) in [5.41, 5.74) is 2.64. The van der Waals surface area contributed by atoms with Crippen molar-refractivity contribution in [1.82, 2.24) is 4.98 Å². The second-order valence-corrected chi connectivity index (χ2v) is 6.61. The average Bonchev–Trinajstić information content (AvgIpc) is 2.98. The van der Waals surface area contributed by atoms with E-state index in [9.17, 15) is 4.79 Å². The summed E-state index contributed by atoms with van der Waals surface area (Å²) >= 11 is 12.1. The third kappa shape index (κ3) is 3.06. The van der Waals surface area contributed by atoms with Gasteiger partial charge in [-0.05, 0) is 48.9 Å². The molecule has 0 radical (unpaired) electrons. The second-order valence-electron chi connectivity index (χ2n) is 5.77. The van der Waals surface area contributed by atoms with Gasteiger partial charge in [-0.15, -0.1) is 0 Å². The zero-order valence-electron chi connectivity index (χ0n) is 13.1. The number of rotatable bonds is 2. The van der Waals surface area contributed by atoms with Gasteiger partial charge >= 0.3 is 0 Å². The van der Waals surface area contributed by atoms with Crippen molar-refractivity contribution in [1.29, 1.82) is 0 Å². The number of furan rings is 1. The molecule has 2 aromatic carbocycles. The molecule has 0 saturated carbocycles. The molecule has 0 fully saturated rings. The van der Waals surface area contributed by atoms with Crippen LogP contribution in [-0.4, -0.2) is 10.9 Å². The number of halogens is 2. The maximum absolute atomic E-state index is 12.5. The van der Waals surface area contributed by atoms with Gasteiger partial charge in [-0.1, -0.05) is 35.3 Å². The smallest absolute Gasteiger partial charge is 0.291 e. The molecule has 6 heteroatoms. The number of hydrogen-bond donors (Lipinski definition) is 1. The van der Waals surface area contributed by atoms with E-state index in [2.05, 4.69) is 10.3 Å². The Morgan fingerprint density at radius 1 is 1.04 bits per heavy atom. The highest BCUT2D eigenvalue weighted by atomic mass is 35.5. The van der Waals surface area contributed by atoms with E-state index >= 15 is 0 Å². The third-order valence-corrected chi connectivity index (χ3v) is 4.41. The van der Waals surface area contributed by atoms with Crippen LogP contribution in [0.25, 0.3) is 22.0 Å². The van der Waals surface area contributed by atoms with Crippen LogP contribution in [0.2, 0.25) is 10.0 Å². The number of hydrogen-bond acceptors (Lipinski definition) is 3. The molecule has 2 aromatic heterocycles. The summed E-state index contributed by atoms with van der Waals surface area (Å²) in [6.07, 6.45) is 0. The van der Waals surface area contributed by atoms with Gasteiger partial charge < -0.3 is 9.73 Å². The van der Waals surface area contributed by atoms with Crippen LogP contribution in [0.5, 0.6) is 0 Å². The topological polar surface area (TPSA) is 55.1 Å². The average molecular weight is 371 g/mol. The number of pyridine rings is 1. The van der Waals surface area contributed by atoms with Crippen LogP contribution in [0.3, 0.4) is 0 Å². The van der Waals surface area contributed by atoms with E-state index in [0.29, 0.717) is 27.0 Å². The molecule has 0 saturated heterocycles. The molecular formula is C19H12Cl2N2O2. The van der Waals surface area contributed by atoms with Crippen LogP contribution < -0.4 is 5.32 Å². The van der Waals surface area contributed by atoms with Crippen molar-refractivity contribution in [2.45, 2.75) is 6.92 Å². The largest absolute Gasteiger partial charge is 0.433 e. The van der Waals surface area contributed by atoms with Gasteiger partial charge in [0.1, 0.15) is 0 Å². The fraction of sp³-hybridized carbons (Fsp3) is 0.0526. The van der Waals surface area contributed by atoms with Gasteiger partial charge in [0.2, 0.25) is 5.71 Å². The van der Waals surface area contributed by atoms with Crippen molar-refractivity contribution in [2.75, 3.05) is 5.32 Å². The monoisotopic (exact) mass is 370 g/mol. The predicted octanol–water partition coefficient (Wildman–Crippen LogP) is 5.85. The molecule has 1 N–H and O–H groups in total. The molecule has 1 amide bonds. The first-order valence-corrected chi connectivity index (χ1v) is 8.32. The minimum Gasteiger partial charge on any atom is -0.433 e. The first-order chi connectivity index (χ1) is 12.0. The second kappa shape index (κ2) is 6.06. The SMILES string of the molecule is Cc1ccc(NC(=O)c2cc3cc4ccc(Cl)cc4nc3o2)c(Cl)c1. The molecule has 0 aliphatic heterocycles. The molecule has 0 aliphatic rings. The molecule has 124 valence electrons. The lowest BCUT2D eigenvalue weighted by molar-refractivity contribution is 0.0998. The molecule has 25 heavy (non-hydrogen) atoms. The Bertz CT molecular complexity index is 1140. The first kappa shape index (κ1) is 15.9. The maximum atomic E-state index is 12.5. The van der Waals surface area contributed by atoms with Gasteiger partial charge in [0, 0.05) is 15.8 Å². The lowest BCUT2D eigenvalue weighted by Gasteiger charge is -2.06. The van der Waals surface area contributed by atoms with Crippen LogP contribution >= 0.6 is 23.2 Å². The summed E-state index contributed by atoms with van der Waals surface area (Å²) in [4.78, 5) is 16.9. The molecule has 2 heterocycles. The number of nitrogens with one attached hydrogen (secondary N) is 1. The Kier molecular flexibility index (Phi) is 3.86. The summed E-state index contributed by atoms with van der Waals surface area (Å²) in [5, 5.41) is 5.49. The van der Waals surface area contributed by atoms with E-state index < -0.39 is 0 Å². The molecule has 0 unspecified atom stereocenters. The molecular weight excluding hydrogens is 359 g/mol. The van der Waals surface area contributed by atoms with E-state index in [4.69, 9.17) is 27.6 Å². The van der Waals surface area contributed by atoms with Crippen LogP contribution in [0.15, 0.2) is 52.9 Å². The lowest BCUT2D eigenvalue weighted by atomic mass is 10.2. The maximum Gasteiger partial charge on any atom is 0.291 e. The number of aromatic nitrogens is 1. The van der Waals surface area contributed by atoms with Gasteiger partial charge in [0.25, 0.3) is 5.91 Å². The third-order valence-electron chi connectivity index (χ3n) is 3.86. The van der Waals surface area contributed by atoms with Crippen LogP contribution in [0, 0.1) is 6.92 Å². The van der Waals surface area contributed by atoms with Crippen molar-refractivity contribution < 1.29 is 9.21 Å². The number of carbonyl (C=O) groups is 1. The number of anilines is 1. The van der Waals surface area contributed by atoms with E-state index in [1.54, 1.807) is 30.3 Å². The first-order valence-electron chi connectivity index (χ1n) is 7.57. The number of amides is 1. The number of nitrogens with zero attached hydrogens (tertiary/aromatic N) is 1. The normalized spacial score (nSPS) is 11.2. The highest BCUT2D eigenvalue weighted by molar-refractivity contribution is 6.34. The fourth-order valence-electron chi connectivity index (χ4n) is 2.62. The highest BCUT2D eigenvalue weighted by Gasteiger charge is 2.15. The number of fused-ring (bicyclic) bond motifs is 2. The van der Waals surface area contributed by atoms with Crippen molar-refractivity contribution in [3.05, 3.63) is 69.9 Å². The van der Waals surface area contributed by atoms with Gasteiger partial charge in [-0.25, -0.2) is 4.98 Å². The number of benzene rings is 2. The fourth-order valence-corrected chi connectivity index (χ4v) is 3.06. The minimum absolute atomic E-state index is 0.167. The molecule has 0 bridgehead atoms. The van der Waals surface area contributed by atoms with E-state index in [0.717, 1.165) is 16.3 Å². The van der Waals surface area contributed by atoms with Crippen molar-refractivity contribution in [3.8, 4) is 0 Å². The van der Waals surface area contributed by atoms with Crippen LogP contribution in [0.1, 0.15) is 16.1 Å². The van der Waals surface area contributed by atoms with E-state index in [-0.39, 0.29) is 11.7 Å². The van der Waals surface area contributed by atoms with Crippen LogP contribution in [-0.2, 0) is 0 Å². The zero-order chi connectivity index (χ0) is 17.6. The molecule has 4 rings (SSSR count). The molecule has 4 nitrogen and oxygen atoms in total. The summed E-state index contributed by atoms with van der Waals surface area (Å²) in [7, 11) is 0. The zero-order valence-corrected chi connectivity index (χ0v) is 14.7. The summed E-state index contributed by atoms with van der Waals surface area (Å²) in [6, 6.07) is 14.4. The Morgan fingerprint density at radius 2 is 1.88 bits per heavy atom. The molecule has 0 spiro atoms. The Balaban J connectivity index is 1.70. The van der Waals surface area contributed by atoms with E-state index in [1.807, 2.05) is 25.1 Å². The summed E-state index contributed by atoms with van der Waals surface area (Å²) in [6.45, 7) is 1.93. The molecule has 4 aromatic rings. The standard InChI is InChI=1S/C19H12Cl2N2O2/c1-10-2-5-15(14(21)6-10)22-18(24)17-8-12-7-11-3-4-13(20)9-16(11)23-19(12)25-17/h2-9H,1H3,(H,22,24). The highest BCUT2D eigenvalue weighted by Crippen LogP contribution is 2.27. The Hall–Kier alpha value is -2.56. The Labute approximate surface area is 153 Å². The van der Waals surface area contributed by atoms with Gasteiger partial charge in [0.15, 0.2) is 5.76 Å². The Morgan fingerprint density at radius 3 is 2.68 bits per heavy atom. The molecule has 0 aliphatic carbocycles. The van der Waals surface area contributed by atoms with Crippen molar-refractivity contribution in [3.63, 3.8) is 0 Å². The summed E-state index contributed by atoms with van der Waals surface area (Å²) in [5.74, 6) is -0.216. The van der Waals surface area contributed by atoms with Gasteiger partial charge in [-0.2, -0.15) is 0 Å².